The molecule has 648 valence electrons. The number of phenolic OH excluding ortho intramolecular Hbond substituents is 1. The number of aromatic nitrogens is 1. The van der Waals surface area contributed by atoms with Crippen molar-refractivity contribution in [3.8, 4) is 28.0 Å². The lowest BCUT2D eigenvalue weighted by molar-refractivity contribution is -0.385. The summed E-state index contributed by atoms with van der Waals surface area (Å²) < 4.78 is 0.922. The predicted octanol–water partition coefficient (Wildman–Crippen LogP) is 18.4. The molecule has 0 bridgehead atoms. The van der Waals surface area contributed by atoms with Crippen LogP contribution in [0.25, 0.3) is 22.3 Å². The third-order valence-electron chi connectivity index (χ3n) is 14.6. The van der Waals surface area contributed by atoms with Crippen LogP contribution < -0.4 is 45.9 Å². The van der Waals surface area contributed by atoms with E-state index in [0.29, 0.717) is 85.9 Å². The molecule has 0 saturated carbocycles. The first-order valence-corrected chi connectivity index (χ1v) is 40.3. The summed E-state index contributed by atoms with van der Waals surface area (Å²) in [4.78, 5) is 41.5. The summed E-state index contributed by atoms with van der Waals surface area (Å²) in [5, 5.41) is 90.8. The van der Waals surface area contributed by atoms with E-state index in [1.54, 1.807) is 116 Å². The second kappa shape index (κ2) is 59.0. The van der Waals surface area contributed by atoms with Gasteiger partial charge in [-0.3, -0.25) is 88.3 Å². The summed E-state index contributed by atoms with van der Waals surface area (Å²) >= 11 is 63.0. The molecule has 0 amide bonds. The predicted molar refractivity (Wildman–Crippen MR) is 523 cm³/mol. The molecule has 0 saturated heterocycles. The van der Waals surface area contributed by atoms with Gasteiger partial charge in [0.15, 0.2) is 0 Å². The number of nitrogens with two attached hydrogens (primary N) is 8. The molecule has 1 aromatic heterocycles. The SMILES string of the molecule is N=C(N)CCC(O)c1c(Cl)cccc1Cl.N=C(N)CN=Cc1c(Cl)cc(-c2ccccc2)cc1Cl.N=C(N)CN=Cc1c(Cl)ccnc1Cl.N=C(N)CN=Cc1cc(Cl)ccc1Cl.N=C(N)CN=Cc1ccc(-c2ccccc2)cc1Cl.N=C(N)CN=Cc1ccc(Br)cc1Cl.N=C(N)CN=Cc1ccccc1O.N=C(N)CN=Cc1ccccc1[N+](=O)[O-]. The standard InChI is InChI=1S/C15H13Cl2N3.C15H14ClN3.C10H12Cl2N2O.C9H9BrClN3.C9H9Cl2N3.C9H10N4O2.C9H11N3O.C8H8Cl2N4/c16-13-6-11(10-4-2-1-3-5-10)7-14(17)12(13)8-20-9-15(18)19;16-14-8-12(11-4-2-1-3-5-11)6-7-13(14)9-19-10-15(17)18;11-6-2-1-3-7(12)10(6)8(15)4-5-9(13)14;10-7-2-1-6(8(11)3-7)4-14-5-9(12)13;10-7-1-2-8(11)6(3-7)4-14-5-9(12)13;10-9(11)6-12-5-7-3-1-2-4-8(7)13(14)15;10-9(11)6-12-5-7-3-1-2-4-8(7)13;9-6-1-2-14-8(10)5(6)3-13-4-7(11)12/h1-8H,9H2,(H3,18,19);1-9H,10H2,(H3,17,18);1-3,8,15H,4-5H2,(H3,13,14);2*1-4H,5H2,(H3,12,13);1-5H,6H2,(H3,10,11);1-5,13H,6H2,(H3,10,11);1-3H,4H2,(H3,11,12). The summed E-state index contributed by atoms with van der Waals surface area (Å²) in [5.41, 5.74) is 50.5. The van der Waals surface area contributed by atoms with Crippen molar-refractivity contribution in [2.24, 2.45) is 80.8 Å². The first-order chi connectivity index (χ1) is 58.9. The Hall–Kier alpha value is -11.9. The van der Waals surface area contributed by atoms with Crippen LogP contribution in [-0.2, 0) is 0 Å². The normalized spacial score (nSPS) is 10.9. The van der Waals surface area contributed by atoms with E-state index in [1.165, 1.54) is 30.9 Å². The van der Waals surface area contributed by atoms with Gasteiger partial charge in [-0.15, -0.1) is 0 Å². The number of nitrogens with zero attached hydrogens (tertiary/aromatic N) is 9. The minimum atomic E-state index is -0.782. The highest BCUT2D eigenvalue weighted by atomic mass is 79.9. The highest BCUT2D eigenvalue weighted by Crippen LogP contribution is 2.34. The quantitative estimate of drug-likeness (QED) is 0.00714. The third kappa shape index (κ3) is 44.3. The first-order valence-electron chi connectivity index (χ1n) is 35.7. The number of amidine groups is 8. The van der Waals surface area contributed by atoms with Crippen molar-refractivity contribution in [3.63, 3.8) is 0 Å². The van der Waals surface area contributed by atoms with E-state index in [4.69, 9.17) is 205 Å². The summed E-state index contributed by atoms with van der Waals surface area (Å²) in [5.74, 6) is 0.206. The van der Waals surface area contributed by atoms with Crippen molar-refractivity contribution in [1.82, 2.24) is 4.98 Å². The first kappa shape index (κ1) is 106. The van der Waals surface area contributed by atoms with Crippen LogP contribution in [0.4, 0.5) is 5.69 Å². The minimum absolute atomic E-state index is 0.00518. The number of aliphatic hydroxyl groups excluding tert-OH is 1. The zero-order valence-electron chi connectivity index (χ0n) is 65.6. The Bertz CT molecular complexity index is 5430. The number of halogens is 11. The van der Waals surface area contributed by atoms with Crippen molar-refractivity contribution in [1.29, 1.82) is 43.3 Å². The summed E-state index contributed by atoms with van der Waals surface area (Å²) in [6.45, 7) is 1.03. The Morgan fingerprint density at radius 2 is 0.774 bits per heavy atom. The van der Waals surface area contributed by atoms with Gasteiger partial charge in [0.25, 0.3) is 5.69 Å². The molecule has 9 aromatic carbocycles. The number of phenols is 1. The monoisotopic (exact) mass is 1940 g/mol. The Balaban J connectivity index is 0.000000367. The number of rotatable bonds is 28. The summed E-state index contributed by atoms with van der Waals surface area (Å²) in [7, 11) is 0. The molecule has 1 atom stereocenters. The zero-order chi connectivity index (χ0) is 92.2. The highest BCUT2D eigenvalue weighted by Gasteiger charge is 2.16. The fourth-order valence-electron chi connectivity index (χ4n) is 9.02. The average Bonchev–Trinajstić information content (AvgIpc) is 0.780. The summed E-state index contributed by atoms with van der Waals surface area (Å²) in [6, 6.07) is 59.8. The fraction of sp³-hybridized carbons (Fsp3) is 0.119. The summed E-state index contributed by atoms with van der Waals surface area (Å²) in [6.07, 6.45) is 12.0. The molecule has 10 aromatic rings. The smallest absolute Gasteiger partial charge is 0.278 e. The minimum Gasteiger partial charge on any atom is -0.507 e. The van der Waals surface area contributed by atoms with Gasteiger partial charge in [0.2, 0.25) is 0 Å². The van der Waals surface area contributed by atoms with Crippen molar-refractivity contribution in [2.75, 3.05) is 45.8 Å². The van der Waals surface area contributed by atoms with Gasteiger partial charge < -0.3 is 56.1 Å². The van der Waals surface area contributed by atoms with Crippen molar-refractivity contribution in [2.45, 2.75) is 18.9 Å². The molecule has 40 heteroatoms. The third-order valence-corrected chi connectivity index (χ3v) is 18.3. The number of nitrogens with one attached hydrogen (secondary N) is 8. The largest absolute Gasteiger partial charge is 0.507 e. The molecular formula is C84H86BrCl10N25O4. The van der Waals surface area contributed by atoms with Crippen LogP contribution in [0.15, 0.2) is 246 Å². The van der Waals surface area contributed by atoms with E-state index in [2.05, 4.69) is 55.9 Å². The Morgan fingerprint density at radius 3 is 1.22 bits per heavy atom. The van der Waals surface area contributed by atoms with Gasteiger partial charge >= 0.3 is 0 Å². The number of nitro benzene ring substituents is 1. The zero-order valence-corrected chi connectivity index (χ0v) is 74.8. The van der Waals surface area contributed by atoms with Gasteiger partial charge in [-0.05, 0) is 114 Å². The molecule has 0 radical (unpaired) electrons. The lowest BCUT2D eigenvalue weighted by Crippen LogP contribution is -2.13. The number of hydrogen-bond acceptors (Lipinski definition) is 20. The molecule has 10 rings (SSSR count). The average molecular weight is 1940 g/mol. The number of para-hydroxylation sites is 2. The maximum absolute atomic E-state index is 10.6. The van der Waals surface area contributed by atoms with E-state index >= 15 is 0 Å². The van der Waals surface area contributed by atoms with Crippen LogP contribution >= 0.6 is 132 Å². The van der Waals surface area contributed by atoms with Gasteiger partial charge in [-0.25, -0.2) is 4.98 Å². The Labute approximate surface area is 774 Å². The molecule has 0 aliphatic carbocycles. The number of aromatic hydroxyl groups is 1. The van der Waals surface area contributed by atoms with Crippen LogP contribution in [0.3, 0.4) is 0 Å². The molecule has 124 heavy (non-hydrogen) atoms. The van der Waals surface area contributed by atoms with E-state index < -0.39 is 11.0 Å². The molecule has 0 spiro atoms. The van der Waals surface area contributed by atoms with Crippen molar-refractivity contribution >= 4 is 228 Å². The van der Waals surface area contributed by atoms with Gasteiger partial charge in [-0.2, -0.15) is 0 Å². The fourth-order valence-corrected chi connectivity index (χ4v) is 12.0. The second-order valence-corrected chi connectivity index (χ2v) is 29.7. The highest BCUT2D eigenvalue weighted by molar-refractivity contribution is 9.10. The molecule has 26 N–H and O–H groups in total. The van der Waals surface area contributed by atoms with Crippen LogP contribution in [0, 0.1) is 53.4 Å². The van der Waals surface area contributed by atoms with Gasteiger partial charge in [-0.1, -0.05) is 241 Å². The van der Waals surface area contributed by atoms with E-state index in [1.807, 2.05) is 103 Å². The number of benzene rings is 9. The Morgan fingerprint density at radius 1 is 0.379 bits per heavy atom. The topological polar surface area (TPSA) is 582 Å². The molecule has 0 aliphatic heterocycles. The number of pyridine rings is 1. The maximum Gasteiger partial charge on any atom is 0.278 e. The van der Waals surface area contributed by atoms with E-state index in [0.717, 1.165) is 43.4 Å². The second-order valence-electron chi connectivity index (χ2n) is 24.7. The Kier molecular flexibility index (Phi) is 50.6. The molecular weight excluding hydrogens is 1860 g/mol. The van der Waals surface area contributed by atoms with Crippen molar-refractivity contribution in [3.05, 3.63) is 316 Å². The number of aliphatic hydroxyl groups is 1. The number of hydrogen-bond donors (Lipinski definition) is 18. The molecule has 0 fully saturated rings. The van der Waals surface area contributed by atoms with Crippen LogP contribution in [0.2, 0.25) is 50.4 Å². The number of nitro groups is 1. The van der Waals surface area contributed by atoms with Crippen molar-refractivity contribution < 1.29 is 15.1 Å². The van der Waals surface area contributed by atoms with Crippen LogP contribution in [-0.4, -0.2) is 156 Å². The van der Waals surface area contributed by atoms with E-state index in [-0.39, 0.29) is 109 Å². The maximum atomic E-state index is 10.6. The van der Waals surface area contributed by atoms with Crippen LogP contribution in [0.1, 0.15) is 63.5 Å². The lowest BCUT2D eigenvalue weighted by Gasteiger charge is -2.13. The van der Waals surface area contributed by atoms with Gasteiger partial charge in [0, 0.05) is 131 Å². The van der Waals surface area contributed by atoms with Crippen LogP contribution in [0.5, 0.6) is 5.75 Å². The molecule has 29 nitrogen and oxygen atoms in total. The molecule has 1 unspecified atom stereocenters. The molecule has 1 heterocycles. The van der Waals surface area contributed by atoms with Gasteiger partial charge in [0.1, 0.15) is 51.8 Å². The lowest BCUT2D eigenvalue weighted by atomic mass is 10.0. The van der Waals surface area contributed by atoms with E-state index in [9.17, 15) is 20.3 Å². The number of aliphatic imine (C=N–C) groups is 7. The van der Waals surface area contributed by atoms with Gasteiger partial charge in [0.05, 0.1) is 88.3 Å². The molecule has 0 aliphatic rings.